The number of carbonyl (C=O) groups excluding carboxylic acids is 1. The topological polar surface area (TPSA) is 61.5 Å². The molecule has 1 rings (SSSR count). The second-order valence-electron chi connectivity index (χ2n) is 4.40. The van der Waals surface area contributed by atoms with Crippen molar-refractivity contribution >= 4 is 5.97 Å². The van der Waals surface area contributed by atoms with Gasteiger partial charge in [0, 0.05) is 6.04 Å². The van der Waals surface area contributed by atoms with E-state index < -0.39 is 0 Å². The maximum Gasteiger partial charge on any atom is 0.311 e. The molecule has 15 heavy (non-hydrogen) atoms. The predicted octanol–water partition coefficient (Wildman–Crippen LogP) is 1.08. The van der Waals surface area contributed by atoms with Gasteiger partial charge in [-0.3, -0.25) is 4.79 Å². The van der Waals surface area contributed by atoms with E-state index in [1.165, 1.54) is 7.11 Å². The van der Waals surface area contributed by atoms with Crippen LogP contribution >= 0.6 is 0 Å². The van der Waals surface area contributed by atoms with Crippen molar-refractivity contribution in [2.24, 2.45) is 11.7 Å². The van der Waals surface area contributed by atoms with Crippen LogP contribution in [0.5, 0.6) is 0 Å². The van der Waals surface area contributed by atoms with Crippen LogP contribution in [0, 0.1) is 5.92 Å². The minimum atomic E-state index is -0.193. The molecule has 1 aliphatic rings. The Morgan fingerprint density at radius 3 is 2.73 bits per heavy atom. The van der Waals surface area contributed by atoms with E-state index in [9.17, 15) is 4.79 Å². The molecule has 2 N–H and O–H groups in total. The third kappa shape index (κ3) is 3.47. The van der Waals surface area contributed by atoms with Gasteiger partial charge >= 0.3 is 5.97 Å². The minimum Gasteiger partial charge on any atom is -0.469 e. The van der Waals surface area contributed by atoms with Gasteiger partial charge in [0.15, 0.2) is 0 Å². The van der Waals surface area contributed by atoms with E-state index in [4.69, 9.17) is 15.2 Å². The Bertz CT molecular complexity index is 218. The molecule has 0 amide bonds. The maximum atomic E-state index is 11.3. The number of rotatable bonds is 4. The van der Waals surface area contributed by atoms with Crippen LogP contribution in [0.3, 0.4) is 0 Å². The van der Waals surface area contributed by atoms with Crippen LogP contribution in [0.15, 0.2) is 0 Å². The van der Waals surface area contributed by atoms with Gasteiger partial charge in [-0.2, -0.15) is 0 Å². The molecule has 1 heterocycles. The van der Waals surface area contributed by atoms with Gasteiger partial charge in [0.05, 0.1) is 25.2 Å². The number of ether oxygens (including phenoxy) is 2. The van der Waals surface area contributed by atoms with E-state index >= 15 is 0 Å². The first-order valence-corrected chi connectivity index (χ1v) is 5.53. The summed E-state index contributed by atoms with van der Waals surface area (Å²) in [5.41, 5.74) is 5.71. The van der Waals surface area contributed by atoms with Crippen molar-refractivity contribution in [3.63, 3.8) is 0 Å². The Balaban J connectivity index is 2.38. The minimum absolute atomic E-state index is 0.00111. The summed E-state index contributed by atoms with van der Waals surface area (Å²) < 4.78 is 10.5. The number of methoxy groups -OCH3 is 1. The van der Waals surface area contributed by atoms with Gasteiger partial charge in [-0.1, -0.05) is 0 Å². The van der Waals surface area contributed by atoms with Crippen LogP contribution in [-0.4, -0.2) is 31.3 Å². The van der Waals surface area contributed by atoms with Crippen molar-refractivity contribution in [1.29, 1.82) is 0 Å². The van der Waals surface area contributed by atoms with Gasteiger partial charge in [0.25, 0.3) is 0 Å². The summed E-state index contributed by atoms with van der Waals surface area (Å²) in [4.78, 5) is 11.3. The molecule has 0 aromatic carbocycles. The molecule has 1 aliphatic heterocycles. The summed E-state index contributed by atoms with van der Waals surface area (Å²) in [7, 11) is 1.41. The molecule has 0 aromatic rings. The van der Waals surface area contributed by atoms with Crippen molar-refractivity contribution in [3.05, 3.63) is 0 Å². The highest BCUT2D eigenvalue weighted by Crippen LogP contribution is 2.28. The highest BCUT2D eigenvalue weighted by molar-refractivity contribution is 5.72. The average Bonchev–Trinajstić information content (AvgIpc) is 2.63. The average molecular weight is 215 g/mol. The normalized spacial score (nSPS) is 29.9. The summed E-state index contributed by atoms with van der Waals surface area (Å²) >= 11 is 0. The van der Waals surface area contributed by atoms with Crippen molar-refractivity contribution in [2.45, 2.75) is 51.4 Å². The van der Waals surface area contributed by atoms with Crippen LogP contribution in [0.25, 0.3) is 0 Å². The predicted molar refractivity (Wildman–Crippen MR) is 57.3 cm³/mol. The van der Waals surface area contributed by atoms with Crippen molar-refractivity contribution in [3.8, 4) is 0 Å². The molecule has 0 aromatic heterocycles. The molecule has 2 unspecified atom stereocenters. The second-order valence-corrected chi connectivity index (χ2v) is 4.40. The summed E-state index contributed by atoms with van der Waals surface area (Å²) in [6.07, 6.45) is 2.99. The standard InChI is InChI=1S/C11H21NO3/c1-7(12)6-9-4-5-10(15-9)8(2)11(13)14-3/h7-10H,4-6,12H2,1-3H3/t7-,8?,9-,10?/m0/s1. The molecule has 88 valence electrons. The van der Waals surface area contributed by atoms with Crippen LogP contribution in [0.2, 0.25) is 0 Å². The van der Waals surface area contributed by atoms with Crippen molar-refractivity contribution in [2.75, 3.05) is 7.11 Å². The molecule has 0 spiro atoms. The van der Waals surface area contributed by atoms with E-state index in [0.717, 1.165) is 19.3 Å². The Kier molecular flexibility index (Phi) is 4.54. The summed E-state index contributed by atoms with van der Waals surface area (Å²) in [6.45, 7) is 3.82. The van der Waals surface area contributed by atoms with Gasteiger partial charge in [-0.25, -0.2) is 0 Å². The molecule has 0 bridgehead atoms. The fraction of sp³-hybridized carbons (Fsp3) is 0.909. The molecule has 1 fully saturated rings. The van der Waals surface area contributed by atoms with Gasteiger partial charge in [0.2, 0.25) is 0 Å². The van der Waals surface area contributed by atoms with Gasteiger partial charge in [-0.15, -0.1) is 0 Å². The zero-order valence-corrected chi connectivity index (χ0v) is 9.73. The molecule has 0 aliphatic carbocycles. The first-order chi connectivity index (χ1) is 7.04. The van der Waals surface area contributed by atoms with Crippen molar-refractivity contribution < 1.29 is 14.3 Å². The first-order valence-electron chi connectivity index (χ1n) is 5.53. The Morgan fingerprint density at radius 2 is 2.20 bits per heavy atom. The molecule has 4 nitrogen and oxygen atoms in total. The van der Waals surface area contributed by atoms with E-state index in [-0.39, 0.29) is 30.1 Å². The maximum absolute atomic E-state index is 11.3. The largest absolute Gasteiger partial charge is 0.469 e. The SMILES string of the molecule is COC(=O)C(C)C1CC[C@@H](C[C@H](C)N)O1. The monoisotopic (exact) mass is 215 g/mol. The lowest BCUT2D eigenvalue weighted by Gasteiger charge is -2.19. The van der Waals surface area contributed by atoms with Crippen molar-refractivity contribution in [1.82, 2.24) is 0 Å². The van der Waals surface area contributed by atoms with E-state index in [0.29, 0.717) is 0 Å². The molecular formula is C11H21NO3. The lowest BCUT2D eigenvalue weighted by molar-refractivity contribution is -0.149. The van der Waals surface area contributed by atoms with Crippen LogP contribution in [-0.2, 0) is 14.3 Å². The molecule has 0 saturated carbocycles. The van der Waals surface area contributed by atoms with Crippen LogP contribution < -0.4 is 5.73 Å². The van der Waals surface area contributed by atoms with E-state index in [2.05, 4.69) is 0 Å². The van der Waals surface area contributed by atoms with Gasteiger partial charge in [-0.05, 0) is 33.1 Å². The highest BCUT2D eigenvalue weighted by atomic mass is 16.5. The zero-order chi connectivity index (χ0) is 11.4. The Labute approximate surface area is 91.1 Å². The summed E-state index contributed by atoms with van der Waals surface area (Å²) in [6, 6.07) is 0.155. The summed E-state index contributed by atoms with van der Waals surface area (Å²) in [5, 5.41) is 0. The number of hydrogen-bond acceptors (Lipinski definition) is 4. The van der Waals surface area contributed by atoms with Gasteiger partial charge in [0.1, 0.15) is 0 Å². The fourth-order valence-electron chi connectivity index (χ4n) is 2.03. The lowest BCUT2D eigenvalue weighted by atomic mass is 10.0. The molecule has 0 radical (unpaired) electrons. The van der Waals surface area contributed by atoms with E-state index in [1.54, 1.807) is 0 Å². The number of esters is 1. The third-order valence-electron chi connectivity index (χ3n) is 2.91. The molecule has 1 saturated heterocycles. The van der Waals surface area contributed by atoms with E-state index in [1.807, 2.05) is 13.8 Å². The second kappa shape index (κ2) is 5.47. The zero-order valence-electron chi connectivity index (χ0n) is 9.73. The molecule has 4 heteroatoms. The Hall–Kier alpha value is -0.610. The smallest absolute Gasteiger partial charge is 0.311 e. The fourth-order valence-corrected chi connectivity index (χ4v) is 2.03. The number of nitrogens with two attached hydrogens (primary N) is 1. The van der Waals surface area contributed by atoms with Crippen LogP contribution in [0.1, 0.15) is 33.1 Å². The number of carbonyl (C=O) groups is 1. The highest BCUT2D eigenvalue weighted by Gasteiger charge is 2.33. The van der Waals surface area contributed by atoms with Crippen LogP contribution in [0.4, 0.5) is 0 Å². The Morgan fingerprint density at radius 1 is 1.53 bits per heavy atom. The van der Waals surface area contributed by atoms with Gasteiger partial charge < -0.3 is 15.2 Å². The molecule has 4 atom stereocenters. The lowest BCUT2D eigenvalue weighted by Crippen LogP contribution is -2.28. The molecular weight excluding hydrogens is 194 g/mol. The summed E-state index contributed by atoms with van der Waals surface area (Å²) in [5.74, 6) is -0.366. The number of hydrogen-bond donors (Lipinski definition) is 1. The third-order valence-corrected chi connectivity index (χ3v) is 2.91. The first kappa shape index (κ1) is 12.5. The quantitative estimate of drug-likeness (QED) is 0.713.